The second-order valence-corrected chi connectivity index (χ2v) is 6.14. The molecule has 0 saturated carbocycles. The molecule has 2 amide bonds. The molecular weight excluding hydrogens is 370 g/mol. The Balaban J connectivity index is 1.62. The molecule has 0 saturated heterocycles. The van der Waals surface area contributed by atoms with Crippen LogP contribution in [0.25, 0.3) is 0 Å². The number of carbonyl (C=O) groups excluding carboxylic acids is 2. The van der Waals surface area contributed by atoms with Gasteiger partial charge in [0.15, 0.2) is 0 Å². The van der Waals surface area contributed by atoms with E-state index in [0.717, 1.165) is 11.3 Å². The summed E-state index contributed by atoms with van der Waals surface area (Å²) >= 11 is 0. The lowest BCUT2D eigenvalue weighted by molar-refractivity contribution is 0.0951. The van der Waals surface area contributed by atoms with Crippen molar-refractivity contribution in [2.45, 2.75) is 6.54 Å². The second kappa shape index (κ2) is 9.36. The summed E-state index contributed by atoms with van der Waals surface area (Å²) in [5.74, 6) is 0.750. The Hall–Kier alpha value is -3.87. The van der Waals surface area contributed by atoms with Crippen LogP contribution in [0.15, 0.2) is 66.9 Å². The van der Waals surface area contributed by atoms with Crippen LogP contribution in [0.5, 0.6) is 11.5 Å². The van der Waals surface area contributed by atoms with E-state index in [1.807, 2.05) is 24.3 Å². The molecule has 2 aromatic carbocycles. The van der Waals surface area contributed by atoms with Gasteiger partial charge in [0.1, 0.15) is 17.2 Å². The molecule has 0 aliphatic rings. The predicted molar refractivity (Wildman–Crippen MR) is 109 cm³/mol. The number of hydrogen-bond donors (Lipinski definition) is 2. The van der Waals surface area contributed by atoms with E-state index >= 15 is 0 Å². The fourth-order valence-electron chi connectivity index (χ4n) is 2.59. The van der Waals surface area contributed by atoms with Gasteiger partial charge in [-0.15, -0.1) is 0 Å². The molecule has 0 fully saturated rings. The molecule has 29 heavy (non-hydrogen) atoms. The van der Waals surface area contributed by atoms with Gasteiger partial charge in [-0.1, -0.05) is 12.1 Å². The summed E-state index contributed by atoms with van der Waals surface area (Å²) in [6.07, 6.45) is 1.44. The van der Waals surface area contributed by atoms with Crippen LogP contribution >= 0.6 is 0 Å². The summed E-state index contributed by atoms with van der Waals surface area (Å²) in [6, 6.07) is 17.4. The van der Waals surface area contributed by atoms with Crippen molar-refractivity contribution in [3.8, 4) is 11.5 Å². The Morgan fingerprint density at radius 1 is 0.862 bits per heavy atom. The van der Waals surface area contributed by atoms with Crippen molar-refractivity contribution in [1.29, 1.82) is 0 Å². The van der Waals surface area contributed by atoms with Crippen molar-refractivity contribution in [1.82, 2.24) is 10.3 Å². The minimum absolute atomic E-state index is 0.151. The zero-order chi connectivity index (χ0) is 20.6. The topological polar surface area (TPSA) is 89.5 Å². The van der Waals surface area contributed by atoms with E-state index in [-0.39, 0.29) is 11.6 Å². The highest BCUT2D eigenvalue weighted by molar-refractivity contribution is 6.04. The maximum absolute atomic E-state index is 12.4. The molecule has 0 spiro atoms. The number of aromatic nitrogens is 1. The lowest BCUT2D eigenvalue weighted by Crippen LogP contribution is -2.23. The van der Waals surface area contributed by atoms with E-state index in [0.29, 0.717) is 23.5 Å². The van der Waals surface area contributed by atoms with Crippen LogP contribution in [0.1, 0.15) is 26.4 Å². The minimum atomic E-state index is -0.403. The highest BCUT2D eigenvalue weighted by Gasteiger charge is 2.12. The van der Waals surface area contributed by atoms with E-state index in [1.165, 1.54) is 12.3 Å². The zero-order valence-electron chi connectivity index (χ0n) is 16.1. The number of anilines is 1. The SMILES string of the molecule is COc1ccc(CNC(=O)c2ccnc(C(=O)Nc3ccc(OC)cc3)c2)cc1. The van der Waals surface area contributed by atoms with Gasteiger partial charge >= 0.3 is 0 Å². The first-order valence-corrected chi connectivity index (χ1v) is 8.91. The van der Waals surface area contributed by atoms with Crippen LogP contribution in [-0.2, 0) is 6.54 Å². The molecule has 3 aromatic rings. The molecule has 1 aromatic heterocycles. The van der Waals surface area contributed by atoms with Gasteiger partial charge in [-0.3, -0.25) is 14.6 Å². The first-order chi connectivity index (χ1) is 14.1. The van der Waals surface area contributed by atoms with Crippen LogP contribution in [0.3, 0.4) is 0 Å². The maximum atomic E-state index is 12.4. The first kappa shape index (κ1) is 19.9. The summed E-state index contributed by atoms with van der Waals surface area (Å²) in [5.41, 5.74) is 2.05. The second-order valence-electron chi connectivity index (χ2n) is 6.14. The summed E-state index contributed by atoms with van der Waals surface area (Å²) in [6.45, 7) is 0.360. The predicted octanol–water partition coefficient (Wildman–Crippen LogP) is 3.28. The van der Waals surface area contributed by atoms with Crippen molar-refractivity contribution < 1.29 is 19.1 Å². The molecule has 7 heteroatoms. The average molecular weight is 391 g/mol. The molecular formula is C22H21N3O4. The van der Waals surface area contributed by atoms with E-state index in [9.17, 15) is 9.59 Å². The molecule has 3 rings (SSSR count). The summed E-state index contributed by atoms with van der Waals surface area (Å²) < 4.78 is 10.2. The standard InChI is InChI=1S/C22H21N3O4/c1-28-18-7-3-15(4-8-18)14-24-21(26)16-11-12-23-20(13-16)22(27)25-17-5-9-19(29-2)10-6-17/h3-13H,14H2,1-2H3,(H,24,26)(H,25,27). The molecule has 0 unspecified atom stereocenters. The summed E-state index contributed by atoms with van der Waals surface area (Å²) in [4.78, 5) is 28.9. The van der Waals surface area contributed by atoms with Crippen LogP contribution in [0.4, 0.5) is 5.69 Å². The Labute approximate surface area is 168 Å². The van der Waals surface area contributed by atoms with Crippen molar-refractivity contribution >= 4 is 17.5 Å². The minimum Gasteiger partial charge on any atom is -0.497 e. The monoisotopic (exact) mass is 391 g/mol. The Kier molecular flexibility index (Phi) is 6.42. The number of amides is 2. The first-order valence-electron chi connectivity index (χ1n) is 8.91. The highest BCUT2D eigenvalue weighted by atomic mass is 16.5. The molecule has 148 valence electrons. The Morgan fingerprint density at radius 3 is 2.10 bits per heavy atom. The quantitative estimate of drug-likeness (QED) is 0.645. The molecule has 0 radical (unpaired) electrons. The largest absolute Gasteiger partial charge is 0.497 e. The van der Waals surface area contributed by atoms with E-state index < -0.39 is 5.91 Å². The Morgan fingerprint density at radius 2 is 1.48 bits per heavy atom. The summed E-state index contributed by atoms with van der Waals surface area (Å²) in [5, 5.41) is 5.57. The van der Waals surface area contributed by atoms with Gasteiger partial charge in [0.05, 0.1) is 14.2 Å². The van der Waals surface area contributed by atoms with Gasteiger partial charge in [-0.2, -0.15) is 0 Å². The van der Waals surface area contributed by atoms with E-state index in [4.69, 9.17) is 9.47 Å². The van der Waals surface area contributed by atoms with Gasteiger partial charge in [0.2, 0.25) is 0 Å². The van der Waals surface area contributed by atoms with E-state index in [2.05, 4.69) is 15.6 Å². The van der Waals surface area contributed by atoms with Crippen LogP contribution < -0.4 is 20.1 Å². The van der Waals surface area contributed by atoms with Crippen LogP contribution in [0, 0.1) is 0 Å². The lowest BCUT2D eigenvalue weighted by Gasteiger charge is -2.08. The third-order valence-electron chi connectivity index (χ3n) is 4.21. The van der Waals surface area contributed by atoms with Gasteiger partial charge in [-0.25, -0.2) is 0 Å². The van der Waals surface area contributed by atoms with Crippen molar-refractivity contribution in [2.24, 2.45) is 0 Å². The van der Waals surface area contributed by atoms with Gasteiger partial charge < -0.3 is 20.1 Å². The third-order valence-corrected chi connectivity index (χ3v) is 4.21. The maximum Gasteiger partial charge on any atom is 0.274 e. The van der Waals surface area contributed by atoms with Gasteiger partial charge in [-0.05, 0) is 54.1 Å². The molecule has 2 N–H and O–H groups in total. The van der Waals surface area contributed by atoms with Crippen molar-refractivity contribution in [3.63, 3.8) is 0 Å². The molecule has 0 aliphatic carbocycles. The Bertz CT molecular complexity index is 986. The number of rotatable bonds is 7. The normalized spacial score (nSPS) is 10.1. The molecule has 0 bridgehead atoms. The molecule has 7 nitrogen and oxygen atoms in total. The number of carbonyl (C=O) groups is 2. The van der Waals surface area contributed by atoms with Gasteiger partial charge in [0.25, 0.3) is 11.8 Å². The number of hydrogen-bond acceptors (Lipinski definition) is 5. The molecule has 0 aliphatic heterocycles. The van der Waals surface area contributed by atoms with Crippen molar-refractivity contribution in [3.05, 3.63) is 83.7 Å². The molecule has 0 atom stereocenters. The number of nitrogens with one attached hydrogen (secondary N) is 2. The fraction of sp³-hybridized carbons (Fsp3) is 0.136. The smallest absolute Gasteiger partial charge is 0.274 e. The average Bonchev–Trinajstić information content (AvgIpc) is 2.78. The third kappa shape index (κ3) is 5.32. The van der Waals surface area contributed by atoms with E-state index in [1.54, 1.807) is 44.6 Å². The highest BCUT2D eigenvalue weighted by Crippen LogP contribution is 2.16. The number of ether oxygens (including phenoxy) is 2. The zero-order valence-corrected chi connectivity index (χ0v) is 16.1. The van der Waals surface area contributed by atoms with Crippen LogP contribution in [-0.4, -0.2) is 31.0 Å². The number of nitrogens with zero attached hydrogens (tertiary/aromatic N) is 1. The number of methoxy groups -OCH3 is 2. The summed E-state index contributed by atoms with van der Waals surface area (Å²) in [7, 11) is 3.17. The fourth-order valence-corrected chi connectivity index (χ4v) is 2.59. The van der Waals surface area contributed by atoms with Crippen LogP contribution in [0.2, 0.25) is 0 Å². The number of pyridine rings is 1. The number of benzene rings is 2. The molecule has 1 heterocycles. The van der Waals surface area contributed by atoms with Gasteiger partial charge in [0, 0.05) is 24.0 Å². The lowest BCUT2D eigenvalue weighted by atomic mass is 10.2. The van der Waals surface area contributed by atoms with Crippen molar-refractivity contribution in [2.75, 3.05) is 19.5 Å².